The predicted molar refractivity (Wildman–Crippen MR) is 62.1 cm³/mol. The maximum absolute atomic E-state index is 13.5. The fraction of sp³-hybridized carbons (Fsp3) is 0.154. The Kier molecular flexibility index (Phi) is 3.23. The van der Waals surface area contributed by atoms with Gasteiger partial charge in [0.1, 0.15) is 11.6 Å². The zero-order valence-corrected chi connectivity index (χ0v) is 9.37. The van der Waals surface area contributed by atoms with Gasteiger partial charge in [0, 0.05) is 6.54 Å². The van der Waals surface area contributed by atoms with E-state index in [-0.39, 0.29) is 17.5 Å². The molecule has 0 spiro atoms. The lowest BCUT2D eigenvalue weighted by atomic mass is 10.1. The van der Waals surface area contributed by atoms with Crippen LogP contribution in [0.1, 0.15) is 17.5 Å². The average Bonchev–Trinajstić information content (AvgIpc) is 2.79. The molecule has 0 aliphatic heterocycles. The van der Waals surface area contributed by atoms with E-state index >= 15 is 0 Å². The van der Waals surface area contributed by atoms with Crippen LogP contribution in [0.15, 0.2) is 40.8 Å². The topological polar surface area (TPSA) is 42.2 Å². The monoisotopic (exact) mass is 233 g/mol. The molecule has 0 aliphatic rings. The number of halogens is 1. The molecule has 0 fully saturated rings. The zero-order valence-electron chi connectivity index (χ0n) is 9.37. The van der Waals surface area contributed by atoms with Crippen molar-refractivity contribution in [3.63, 3.8) is 0 Å². The van der Waals surface area contributed by atoms with Crippen molar-refractivity contribution in [2.24, 2.45) is 0 Å². The van der Waals surface area contributed by atoms with Gasteiger partial charge in [0.15, 0.2) is 5.76 Å². The summed E-state index contributed by atoms with van der Waals surface area (Å²) in [6, 6.07) is 9.40. The second-order valence-corrected chi connectivity index (χ2v) is 3.50. The van der Waals surface area contributed by atoms with Crippen LogP contribution < -0.4 is 5.32 Å². The summed E-state index contributed by atoms with van der Waals surface area (Å²) in [7, 11) is 0. The molecule has 1 amide bonds. The number of carbonyl (C=O) groups excluding carboxylic acids is 1. The minimum Gasteiger partial charge on any atom is -0.451 e. The summed E-state index contributed by atoms with van der Waals surface area (Å²) in [6.45, 7) is 2.34. The third-order valence-corrected chi connectivity index (χ3v) is 2.31. The van der Waals surface area contributed by atoms with Crippen molar-refractivity contribution in [2.75, 3.05) is 6.54 Å². The van der Waals surface area contributed by atoms with Crippen LogP contribution in [-0.4, -0.2) is 12.5 Å². The highest BCUT2D eigenvalue weighted by molar-refractivity contribution is 5.92. The molecule has 0 radical (unpaired) electrons. The predicted octanol–water partition coefficient (Wildman–Crippen LogP) is 2.84. The molecule has 3 nitrogen and oxygen atoms in total. The van der Waals surface area contributed by atoms with Crippen molar-refractivity contribution in [3.05, 3.63) is 48.0 Å². The van der Waals surface area contributed by atoms with Crippen LogP contribution in [-0.2, 0) is 0 Å². The molecule has 0 aliphatic carbocycles. The second kappa shape index (κ2) is 4.82. The van der Waals surface area contributed by atoms with E-state index < -0.39 is 0 Å². The Morgan fingerprint density at radius 2 is 2.06 bits per heavy atom. The molecular weight excluding hydrogens is 221 g/mol. The molecule has 1 aromatic carbocycles. The van der Waals surface area contributed by atoms with Crippen molar-refractivity contribution >= 4 is 5.91 Å². The summed E-state index contributed by atoms with van der Waals surface area (Å²) >= 11 is 0. The SMILES string of the molecule is CCNC(=O)c1ccc(-c2ccccc2F)o1. The molecule has 2 aromatic rings. The second-order valence-electron chi connectivity index (χ2n) is 3.50. The number of benzene rings is 1. The molecule has 17 heavy (non-hydrogen) atoms. The van der Waals surface area contributed by atoms with Gasteiger partial charge in [-0.05, 0) is 31.2 Å². The molecule has 0 atom stereocenters. The van der Waals surface area contributed by atoms with Crippen LogP contribution in [0.3, 0.4) is 0 Å². The highest BCUT2D eigenvalue weighted by Crippen LogP contribution is 2.24. The van der Waals surface area contributed by atoms with Gasteiger partial charge in [0.05, 0.1) is 5.56 Å². The van der Waals surface area contributed by atoms with Crippen LogP contribution in [0.4, 0.5) is 4.39 Å². The zero-order chi connectivity index (χ0) is 12.3. The van der Waals surface area contributed by atoms with Crippen molar-refractivity contribution in [1.29, 1.82) is 0 Å². The average molecular weight is 233 g/mol. The van der Waals surface area contributed by atoms with E-state index in [2.05, 4.69) is 5.32 Å². The fourth-order valence-corrected chi connectivity index (χ4v) is 1.51. The fourth-order valence-electron chi connectivity index (χ4n) is 1.51. The third-order valence-electron chi connectivity index (χ3n) is 2.31. The lowest BCUT2D eigenvalue weighted by molar-refractivity contribution is 0.0929. The van der Waals surface area contributed by atoms with Crippen LogP contribution in [0.2, 0.25) is 0 Å². The van der Waals surface area contributed by atoms with E-state index in [4.69, 9.17) is 4.42 Å². The van der Waals surface area contributed by atoms with Gasteiger partial charge in [-0.2, -0.15) is 0 Å². The normalized spacial score (nSPS) is 10.2. The summed E-state index contributed by atoms with van der Waals surface area (Å²) in [4.78, 5) is 11.5. The molecule has 88 valence electrons. The number of hydrogen-bond acceptors (Lipinski definition) is 2. The van der Waals surface area contributed by atoms with Gasteiger partial charge in [-0.1, -0.05) is 12.1 Å². The first-order valence-electron chi connectivity index (χ1n) is 5.35. The van der Waals surface area contributed by atoms with Crippen LogP contribution in [0, 0.1) is 5.82 Å². The maximum Gasteiger partial charge on any atom is 0.287 e. The Morgan fingerprint density at radius 3 is 2.76 bits per heavy atom. The van der Waals surface area contributed by atoms with Gasteiger partial charge in [-0.3, -0.25) is 4.79 Å². The molecule has 0 unspecified atom stereocenters. The van der Waals surface area contributed by atoms with E-state index in [0.717, 1.165) is 0 Å². The number of carbonyl (C=O) groups is 1. The van der Waals surface area contributed by atoms with E-state index in [1.165, 1.54) is 12.1 Å². The maximum atomic E-state index is 13.5. The third kappa shape index (κ3) is 2.36. The van der Waals surface area contributed by atoms with Crippen molar-refractivity contribution in [3.8, 4) is 11.3 Å². The van der Waals surface area contributed by atoms with Gasteiger partial charge >= 0.3 is 0 Å². The first kappa shape index (κ1) is 11.4. The number of rotatable bonds is 3. The summed E-state index contributed by atoms with van der Waals surface area (Å²) in [5.41, 5.74) is 0.350. The van der Waals surface area contributed by atoms with Crippen LogP contribution >= 0.6 is 0 Å². The van der Waals surface area contributed by atoms with E-state index in [9.17, 15) is 9.18 Å². The largest absolute Gasteiger partial charge is 0.451 e. The highest BCUT2D eigenvalue weighted by Gasteiger charge is 2.13. The quantitative estimate of drug-likeness (QED) is 0.885. The van der Waals surface area contributed by atoms with E-state index in [1.807, 2.05) is 6.92 Å². The van der Waals surface area contributed by atoms with Crippen molar-refractivity contribution in [1.82, 2.24) is 5.32 Å². The molecule has 0 saturated carbocycles. The Labute approximate surface area is 98.3 Å². The standard InChI is InChI=1S/C13H12FNO2/c1-2-15-13(16)12-8-7-11(17-12)9-5-3-4-6-10(9)14/h3-8H,2H2,1H3,(H,15,16). The van der Waals surface area contributed by atoms with Gasteiger partial charge in [-0.15, -0.1) is 0 Å². The highest BCUT2D eigenvalue weighted by atomic mass is 19.1. The summed E-state index contributed by atoms with van der Waals surface area (Å²) in [5.74, 6) is -0.131. The van der Waals surface area contributed by atoms with Crippen molar-refractivity contribution in [2.45, 2.75) is 6.92 Å². The summed E-state index contributed by atoms with van der Waals surface area (Å²) < 4.78 is 18.8. The van der Waals surface area contributed by atoms with Gasteiger partial charge in [-0.25, -0.2) is 4.39 Å². The van der Waals surface area contributed by atoms with Gasteiger partial charge in [0.2, 0.25) is 0 Å². The lowest BCUT2D eigenvalue weighted by Gasteiger charge is -1.99. The molecular formula is C13H12FNO2. The molecule has 1 aromatic heterocycles. The molecule has 0 bridgehead atoms. The Balaban J connectivity index is 2.30. The smallest absolute Gasteiger partial charge is 0.287 e. The molecule has 4 heteroatoms. The summed E-state index contributed by atoms with van der Waals surface area (Å²) in [6.07, 6.45) is 0. The van der Waals surface area contributed by atoms with Crippen LogP contribution in [0.25, 0.3) is 11.3 Å². The Morgan fingerprint density at radius 1 is 1.29 bits per heavy atom. The van der Waals surface area contributed by atoms with E-state index in [1.54, 1.807) is 24.3 Å². The first-order valence-corrected chi connectivity index (χ1v) is 5.35. The molecule has 2 rings (SSSR count). The van der Waals surface area contributed by atoms with Gasteiger partial charge in [0.25, 0.3) is 5.91 Å². The molecule has 0 saturated heterocycles. The van der Waals surface area contributed by atoms with Crippen molar-refractivity contribution < 1.29 is 13.6 Å². The number of nitrogens with one attached hydrogen (secondary N) is 1. The van der Waals surface area contributed by atoms with Gasteiger partial charge < -0.3 is 9.73 Å². The Bertz CT molecular complexity index is 534. The van der Waals surface area contributed by atoms with E-state index in [0.29, 0.717) is 17.9 Å². The molecule has 1 heterocycles. The minimum absolute atomic E-state index is 0.185. The lowest BCUT2D eigenvalue weighted by Crippen LogP contribution is -2.21. The van der Waals surface area contributed by atoms with Crippen LogP contribution in [0.5, 0.6) is 0 Å². The first-order chi connectivity index (χ1) is 8.22. The Hall–Kier alpha value is -2.10. The number of hydrogen-bond donors (Lipinski definition) is 1. The number of amides is 1. The summed E-state index contributed by atoms with van der Waals surface area (Å²) in [5, 5.41) is 2.61. The minimum atomic E-state index is -0.371. The molecule has 1 N–H and O–H groups in total. The number of furan rings is 1.